The van der Waals surface area contributed by atoms with Crippen molar-refractivity contribution < 1.29 is 13.2 Å². The molecule has 0 spiro atoms. The fourth-order valence-corrected chi connectivity index (χ4v) is 0.974. The third-order valence-corrected chi connectivity index (χ3v) is 1.66. The van der Waals surface area contributed by atoms with E-state index in [0.717, 1.165) is 12.3 Å². The maximum Gasteiger partial charge on any atom is 0.417 e. The fraction of sp³-hybridized carbons (Fsp3) is 0.222. The number of pyridine rings is 1. The number of halogens is 4. The fourth-order valence-electron chi connectivity index (χ4n) is 0.885. The summed E-state index contributed by atoms with van der Waals surface area (Å²) in [6.45, 7) is 0. The Morgan fingerprint density at radius 2 is 2.07 bits per heavy atom. The van der Waals surface area contributed by atoms with E-state index >= 15 is 0 Å². The highest BCUT2D eigenvalue weighted by atomic mass is 35.5. The zero-order valence-electron chi connectivity index (χ0n) is 7.05. The third-order valence-electron chi connectivity index (χ3n) is 1.49. The second-order valence-electron chi connectivity index (χ2n) is 2.56. The van der Waals surface area contributed by atoms with Crippen LogP contribution in [0, 0.1) is 0 Å². The molecule has 1 aromatic rings. The lowest BCUT2D eigenvalue weighted by Crippen LogP contribution is -2.05. The molecule has 0 radical (unpaired) electrons. The molecule has 0 aromatic carbocycles. The third kappa shape index (κ3) is 3.03. The van der Waals surface area contributed by atoms with E-state index in [9.17, 15) is 13.2 Å². The topological polar surface area (TPSA) is 12.9 Å². The van der Waals surface area contributed by atoms with Crippen molar-refractivity contribution >= 4 is 17.7 Å². The summed E-state index contributed by atoms with van der Waals surface area (Å²) in [7, 11) is 0. The number of nitrogens with zero attached hydrogens (tertiary/aromatic N) is 1. The van der Waals surface area contributed by atoms with E-state index in [4.69, 9.17) is 11.6 Å². The van der Waals surface area contributed by atoms with Gasteiger partial charge in [-0.2, -0.15) is 13.2 Å². The Labute approximate surface area is 84.2 Å². The van der Waals surface area contributed by atoms with Crippen LogP contribution < -0.4 is 0 Å². The number of rotatable bonds is 2. The summed E-state index contributed by atoms with van der Waals surface area (Å²) in [4.78, 5) is 3.49. The maximum absolute atomic E-state index is 12.2. The smallest absolute Gasteiger partial charge is 0.263 e. The van der Waals surface area contributed by atoms with Crippen LogP contribution in [0.25, 0.3) is 6.08 Å². The molecular formula is C9H7ClF3N. The first-order valence-electron chi connectivity index (χ1n) is 3.79. The largest absolute Gasteiger partial charge is 0.417 e. The molecule has 0 amide bonds. The summed E-state index contributed by atoms with van der Waals surface area (Å²) >= 11 is 5.35. The molecule has 0 N–H and O–H groups in total. The molecule has 0 aliphatic heterocycles. The van der Waals surface area contributed by atoms with Gasteiger partial charge in [0.05, 0.1) is 5.56 Å². The molecule has 0 bridgehead atoms. The lowest BCUT2D eigenvalue weighted by Gasteiger charge is -2.05. The average molecular weight is 222 g/mol. The molecule has 1 rings (SSSR count). The summed E-state index contributed by atoms with van der Waals surface area (Å²) in [5.41, 5.74) is -0.366. The molecule has 0 fully saturated rings. The highest BCUT2D eigenvalue weighted by molar-refractivity contribution is 6.19. The summed E-state index contributed by atoms with van der Waals surface area (Å²) in [6, 6.07) is 1.02. The number of allylic oxidation sites excluding steroid dienone is 1. The van der Waals surface area contributed by atoms with Crippen LogP contribution in [0.4, 0.5) is 13.2 Å². The van der Waals surface area contributed by atoms with E-state index in [-0.39, 0.29) is 5.88 Å². The van der Waals surface area contributed by atoms with E-state index < -0.39 is 11.7 Å². The van der Waals surface area contributed by atoms with E-state index in [0.29, 0.717) is 5.56 Å². The van der Waals surface area contributed by atoms with E-state index in [1.165, 1.54) is 12.3 Å². The highest BCUT2D eigenvalue weighted by Gasteiger charge is 2.30. The van der Waals surface area contributed by atoms with Crippen LogP contribution in [-0.4, -0.2) is 10.9 Å². The van der Waals surface area contributed by atoms with Crippen molar-refractivity contribution in [2.45, 2.75) is 6.18 Å². The molecule has 0 aliphatic rings. The highest BCUT2D eigenvalue weighted by Crippen LogP contribution is 2.28. The van der Waals surface area contributed by atoms with Gasteiger partial charge in [0.15, 0.2) is 0 Å². The maximum atomic E-state index is 12.2. The minimum atomic E-state index is -4.35. The Bertz CT molecular complexity index is 333. The number of alkyl halides is 4. The van der Waals surface area contributed by atoms with Crippen LogP contribution in [0.5, 0.6) is 0 Å². The van der Waals surface area contributed by atoms with Gasteiger partial charge in [-0.3, -0.25) is 4.98 Å². The molecular weight excluding hydrogens is 215 g/mol. The van der Waals surface area contributed by atoms with E-state index in [1.54, 1.807) is 6.08 Å². The minimum absolute atomic E-state index is 0.260. The zero-order valence-corrected chi connectivity index (χ0v) is 7.81. The second-order valence-corrected chi connectivity index (χ2v) is 2.87. The van der Waals surface area contributed by atoms with Gasteiger partial charge in [-0.25, -0.2) is 0 Å². The molecule has 14 heavy (non-hydrogen) atoms. The normalized spacial score (nSPS) is 12.3. The van der Waals surface area contributed by atoms with Crippen LogP contribution >= 0.6 is 11.6 Å². The van der Waals surface area contributed by atoms with Gasteiger partial charge in [0, 0.05) is 18.3 Å². The van der Waals surface area contributed by atoms with Crippen LogP contribution in [0.15, 0.2) is 24.5 Å². The van der Waals surface area contributed by atoms with Gasteiger partial charge in [-0.15, -0.1) is 11.6 Å². The van der Waals surface area contributed by atoms with E-state index in [2.05, 4.69) is 4.98 Å². The Balaban J connectivity index is 2.96. The lowest BCUT2D eigenvalue weighted by atomic mass is 10.2. The van der Waals surface area contributed by atoms with Crippen molar-refractivity contribution in [3.05, 3.63) is 35.7 Å². The summed E-state index contributed by atoms with van der Waals surface area (Å²) in [5.74, 6) is 0.260. The van der Waals surface area contributed by atoms with Crippen LogP contribution in [0.3, 0.4) is 0 Å². The standard InChI is InChI=1S/C9H7ClF3N/c10-3-1-2-7-4-8(6-14-5-7)9(11,12)13/h1-2,4-6H,3H2. The molecule has 5 heteroatoms. The first-order valence-corrected chi connectivity index (χ1v) is 4.32. The van der Waals surface area contributed by atoms with Gasteiger partial charge < -0.3 is 0 Å². The molecule has 0 aliphatic carbocycles. The Kier molecular flexibility index (Phi) is 3.52. The number of aromatic nitrogens is 1. The molecule has 0 saturated heterocycles. The van der Waals surface area contributed by atoms with Gasteiger partial charge >= 0.3 is 6.18 Å². The Morgan fingerprint density at radius 1 is 1.36 bits per heavy atom. The molecule has 1 heterocycles. The van der Waals surface area contributed by atoms with Crippen LogP contribution in [0.2, 0.25) is 0 Å². The predicted molar refractivity (Wildman–Crippen MR) is 49.0 cm³/mol. The van der Waals surface area contributed by atoms with Crippen molar-refractivity contribution in [1.29, 1.82) is 0 Å². The Morgan fingerprint density at radius 3 is 2.64 bits per heavy atom. The quantitative estimate of drug-likeness (QED) is 0.698. The second kappa shape index (κ2) is 4.46. The van der Waals surface area contributed by atoms with E-state index in [1.807, 2.05) is 0 Å². The molecule has 0 saturated carbocycles. The van der Waals surface area contributed by atoms with Gasteiger partial charge in [0.25, 0.3) is 0 Å². The minimum Gasteiger partial charge on any atom is -0.263 e. The summed E-state index contributed by atoms with van der Waals surface area (Å²) < 4.78 is 36.6. The molecule has 1 aromatic heterocycles. The molecule has 1 nitrogen and oxygen atoms in total. The number of hydrogen-bond donors (Lipinski definition) is 0. The molecule has 76 valence electrons. The summed E-state index contributed by atoms with van der Waals surface area (Å²) in [5, 5.41) is 0. The Hall–Kier alpha value is -1.03. The van der Waals surface area contributed by atoms with Gasteiger partial charge in [0.1, 0.15) is 0 Å². The van der Waals surface area contributed by atoms with Gasteiger partial charge in [0.2, 0.25) is 0 Å². The van der Waals surface area contributed by atoms with Crippen molar-refractivity contribution in [1.82, 2.24) is 4.98 Å². The molecule has 0 atom stereocenters. The average Bonchev–Trinajstić information content (AvgIpc) is 2.14. The zero-order chi connectivity index (χ0) is 10.6. The summed E-state index contributed by atoms with van der Waals surface area (Å²) in [6.07, 6.45) is 0.835. The van der Waals surface area contributed by atoms with Crippen molar-refractivity contribution in [2.24, 2.45) is 0 Å². The molecule has 0 unspecified atom stereocenters. The van der Waals surface area contributed by atoms with Crippen molar-refractivity contribution in [3.63, 3.8) is 0 Å². The van der Waals surface area contributed by atoms with Gasteiger partial charge in [-0.1, -0.05) is 12.2 Å². The number of hydrogen-bond acceptors (Lipinski definition) is 1. The monoisotopic (exact) mass is 221 g/mol. The first kappa shape index (κ1) is 11.0. The lowest BCUT2D eigenvalue weighted by molar-refractivity contribution is -0.137. The predicted octanol–water partition coefficient (Wildman–Crippen LogP) is 3.35. The van der Waals surface area contributed by atoms with Crippen molar-refractivity contribution in [3.8, 4) is 0 Å². The van der Waals surface area contributed by atoms with Crippen LogP contribution in [-0.2, 0) is 6.18 Å². The SMILES string of the molecule is FC(F)(F)c1cncc(C=CCCl)c1. The first-order chi connectivity index (χ1) is 6.54. The van der Waals surface area contributed by atoms with Gasteiger partial charge in [-0.05, 0) is 11.6 Å². The van der Waals surface area contributed by atoms with Crippen LogP contribution in [0.1, 0.15) is 11.1 Å². The van der Waals surface area contributed by atoms with Crippen molar-refractivity contribution in [2.75, 3.05) is 5.88 Å².